The SMILES string of the molecule is CC(=O)n1c(O)c(C(=O)c2ccc3c(c2)OCO3)c2ccccc21. The second kappa shape index (κ2) is 5.13. The largest absolute Gasteiger partial charge is 0.494 e. The van der Waals surface area contributed by atoms with Crippen LogP contribution in [-0.4, -0.2) is 28.2 Å². The fourth-order valence-corrected chi connectivity index (χ4v) is 2.95. The molecule has 0 spiro atoms. The molecule has 0 radical (unpaired) electrons. The van der Waals surface area contributed by atoms with Crippen molar-refractivity contribution in [2.75, 3.05) is 6.79 Å². The Bertz CT molecular complexity index is 1000. The van der Waals surface area contributed by atoms with Crippen molar-refractivity contribution >= 4 is 22.6 Å². The first-order valence-electron chi connectivity index (χ1n) is 7.35. The average Bonchev–Trinajstić information content (AvgIpc) is 3.14. The lowest BCUT2D eigenvalue weighted by Gasteiger charge is -2.03. The molecule has 2 heterocycles. The molecule has 0 atom stereocenters. The van der Waals surface area contributed by atoms with E-state index in [2.05, 4.69) is 0 Å². The number of fused-ring (bicyclic) bond motifs is 2. The number of aromatic nitrogens is 1. The van der Waals surface area contributed by atoms with Crippen molar-refractivity contribution in [3.05, 3.63) is 53.6 Å². The van der Waals surface area contributed by atoms with Crippen LogP contribution in [0.2, 0.25) is 0 Å². The number of ketones is 1. The molecule has 120 valence electrons. The lowest BCUT2D eigenvalue weighted by molar-refractivity contribution is 0.0933. The molecule has 0 unspecified atom stereocenters. The van der Waals surface area contributed by atoms with Crippen LogP contribution in [0.3, 0.4) is 0 Å². The van der Waals surface area contributed by atoms with Crippen LogP contribution in [0.1, 0.15) is 27.6 Å². The number of carbonyl (C=O) groups excluding carboxylic acids is 2. The molecule has 1 N–H and O–H groups in total. The molecule has 0 saturated heterocycles. The minimum absolute atomic E-state index is 0.0969. The third-order valence-electron chi connectivity index (χ3n) is 4.03. The summed E-state index contributed by atoms with van der Waals surface area (Å²) in [4.78, 5) is 24.8. The van der Waals surface area contributed by atoms with Gasteiger partial charge in [-0.1, -0.05) is 18.2 Å². The Morgan fingerprint density at radius 2 is 1.83 bits per heavy atom. The van der Waals surface area contributed by atoms with E-state index < -0.39 is 0 Å². The number of hydrogen-bond donors (Lipinski definition) is 1. The van der Waals surface area contributed by atoms with Crippen LogP contribution in [0.5, 0.6) is 17.4 Å². The number of aromatic hydroxyl groups is 1. The highest BCUT2D eigenvalue weighted by Crippen LogP contribution is 2.36. The maximum absolute atomic E-state index is 12.9. The van der Waals surface area contributed by atoms with Crippen LogP contribution < -0.4 is 9.47 Å². The first kappa shape index (κ1) is 14.3. The Balaban J connectivity index is 1.92. The molecule has 0 aliphatic carbocycles. The zero-order chi connectivity index (χ0) is 16.8. The van der Waals surface area contributed by atoms with E-state index in [1.54, 1.807) is 42.5 Å². The Kier molecular flexibility index (Phi) is 3.06. The van der Waals surface area contributed by atoms with E-state index >= 15 is 0 Å². The van der Waals surface area contributed by atoms with E-state index in [4.69, 9.17) is 9.47 Å². The topological polar surface area (TPSA) is 77.8 Å². The third kappa shape index (κ3) is 1.96. The van der Waals surface area contributed by atoms with Gasteiger partial charge in [0.15, 0.2) is 17.3 Å². The molecule has 6 nitrogen and oxygen atoms in total. The van der Waals surface area contributed by atoms with Gasteiger partial charge in [-0.2, -0.15) is 0 Å². The van der Waals surface area contributed by atoms with Crippen molar-refractivity contribution in [1.29, 1.82) is 0 Å². The fourth-order valence-electron chi connectivity index (χ4n) is 2.95. The number of hydrogen-bond acceptors (Lipinski definition) is 5. The minimum Gasteiger partial charge on any atom is -0.494 e. The van der Waals surface area contributed by atoms with Crippen LogP contribution in [0, 0.1) is 0 Å². The molecule has 0 saturated carbocycles. The summed E-state index contributed by atoms with van der Waals surface area (Å²) in [5.41, 5.74) is 0.937. The van der Waals surface area contributed by atoms with Crippen LogP contribution in [0.4, 0.5) is 0 Å². The van der Waals surface area contributed by atoms with Crippen LogP contribution in [0.25, 0.3) is 10.9 Å². The van der Waals surface area contributed by atoms with Crippen molar-refractivity contribution in [2.24, 2.45) is 0 Å². The van der Waals surface area contributed by atoms with Gasteiger partial charge in [-0.15, -0.1) is 0 Å². The van der Waals surface area contributed by atoms with Crippen LogP contribution in [-0.2, 0) is 0 Å². The zero-order valence-electron chi connectivity index (χ0n) is 12.8. The molecule has 0 bridgehead atoms. The first-order valence-corrected chi connectivity index (χ1v) is 7.35. The van der Waals surface area contributed by atoms with Gasteiger partial charge in [-0.05, 0) is 24.3 Å². The van der Waals surface area contributed by atoms with E-state index in [0.29, 0.717) is 28.0 Å². The van der Waals surface area contributed by atoms with Gasteiger partial charge in [-0.25, -0.2) is 0 Å². The maximum Gasteiger partial charge on any atom is 0.231 e. The summed E-state index contributed by atoms with van der Waals surface area (Å²) in [5.74, 6) is -0.0561. The van der Waals surface area contributed by atoms with Crippen molar-refractivity contribution in [3.63, 3.8) is 0 Å². The lowest BCUT2D eigenvalue weighted by Crippen LogP contribution is -2.06. The van der Waals surface area contributed by atoms with E-state index in [0.717, 1.165) is 4.57 Å². The summed E-state index contributed by atoms with van der Waals surface area (Å²) < 4.78 is 11.7. The van der Waals surface area contributed by atoms with Gasteiger partial charge in [0.25, 0.3) is 0 Å². The molecule has 0 amide bonds. The molecule has 4 rings (SSSR count). The van der Waals surface area contributed by atoms with Gasteiger partial charge in [0.2, 0.25) is 18.6 Å². The minimum atomic E-state index is -0.387. The summed E-state index contributed by atoms with van der Waals surface area (Å²) in [7, 11) is 0. The van der Waals surface area contributed by atoms with E-state index in [1.807, 2.05) is 0 Å². The van der Waals surface area contributed by atoms with Gasteiger partial charge >= 0.3 is 0 Å². The summed E-state index contributed by atoms with van der Waals surface area (Å²) in [6, 6.07) is 11.7. The Labute approximate surface area is 136 Å². The monoisotopic (exact) mass is 323 g/mol. The number of nitrogens with zero attached hydrogens (tertiary/aromatic N) is 1. The standard InChI is InChI=1S/C18H13NO5/c1-10(20)19-13-5-3-2-4-12(13)16(18(19)22)17(21)11-6-7-14-15(8-11)24-9-23-14/h2-8,22H,9H2,1H3. The quantitative estimate of drug-likeness (QED) is 0.734. The number of ether oxygens (including phenoxy) is 2. The molecule has 0 fully saturated rings. The highest BCUT2D eigenvalue weighted by Gasteiger charge is 2.26. The third-order valence-corrected chi connectivity index (χ3v) is 4.03. The van der Waals surface area contributed by atoms with Gasteiger partial charge < -0.3 is 14.6 Å². The van der Waals surface area contributed by atoms with Gasteiger partial charge in [0, 0.05) is 17.9 Å². The van der Waals surface area contributed by atoms with Crippen molar-refractivity contribution in [1.82, 2.24) is 4.57 Å². The molecule has 6 heteroatoms. The summed E-state index contributed by atoms with van der Waals surface area (Å²) in [6.07, 6.45) is 0. The second-order valence-electron chi connectivity index (χ2n) is 5.47. The van der Waals surface area contributed by atoms with Crippen molar-refractivity contribution in [3.8, 4) is 17.4 Å². The fraction of sp³-hybridized carbons (Fsp3) is 0.111. The van der Waals surface area contributed by atoms with Crippen molar-refractivity contribution in [2.45, 2.75) is 6.92 Å². The van der Waals surface area contributed by atoms with E-state index in [9.17, 15) is 14.7 Å². The Morgan fingerprint density at radius 3 is 2.62 bits per heavy atom. The maximum atomic E-state index is 12.9. The molecule has 3 aromatic rings. The molecule has 1 aromatic heterocycles. The average molecular weight is 323 g/mol. The van der Waals surface area contributed by atoms with Gasteiger partial charge in [0.1, 0.15) is 0 Å². The smallest absolute Gasteiger partial charge is 0.231 e. The van der Waals surface area contributed by atoms with Crippen LogP contribution >= 0.6 is 0 Å². The lowest BCUT2D eigenvalue weighted by atomic mass is 10.0. The zero-order valence-corrected chi connectivity index (χ0v) is 12.8. The summed E-state index contributed by atoms with van der Waals surface area (Å²) in [6.45, 7) is 1.45. The highest BCUT2D eigenvalue weighted by atomic mass is 16.7. The number of benzene rings is 2. The van der Waals surface area contributed by atoms with E-state index in [1.165, 1.54) is 6.92 Å². The van der Waals surface area contributed by atoms with Gasteiger partial charge in [-0.3, -0.25) is 14.2 Å². The molecule has 1 aliphatic heterocycles. The highest BCUT2D eigenvalue weighted by molar-refractivity contribution is 6.19. The number of para-hydroxylation sites is 1. The number of rotatable bonds is 2. The molecule has 1 aliphatic rings. The molecule has 2 aromatic carbocycles. The predicted octanol–water partition coefficient (Wildman–Crippen LogP) is 2.97. The number of carbonyl (C=O) groups is 2. The summed E-state index contributed by atoms with van der Waals surface area (Å²) >= 11 is 0. The predicted molar refractivity (Wildman–Crippen MR) is 85.9 cm³/mol. The Hall–Kier alpha value is -3.28. The molecular formula is C18H13NO5. The van der Waals surface area contributed by atoms with E-state index in [-0.39, 0.29) is 29.9 Å². The van der Waals surface area contributed by atoms with Crippen molar-refractivity contribution < 1.29 is 24.2 Å². The Morgan fingerprint density at radius 1 is 1.08 bits per heavy atom. The van der Waals surface area contributed by atoms with Gasteiger partial charge in [0.05, 0.1) is 11.1 Å². The summed E-state index contributed by atoms with van der Waals surface area (Å²) in [5, 5.41) is 11.0. The molecular weight excluding hydrogens is 310 g/mol. The molecule has 24 heavy (non-hydrogen) atoms. The second-order valence-corrected chi connectivity index (χ2v) is 5.47. The van der Waals surface area contributed by atoms with Crippen LogP contribution in [0.15, 0.2) is 42.5 Å². The normalized spacial score (nSPS) is 12.5. The first-order chi connectivity index (χ1) is 11.6.